The van der Waals surface area contributed by atoms with Gasteiger partial charge in [0.1, 0.15) is 11.5 Å². The van der Waals surface area contributed by atoms with Crippen molar-refractivity contribution in [2.24, 2.45) is 7.05 Å². The predicted octanol–water partition coefficient (Wildman–Crippen LogP) is 3.41. The molecule has 0 bridgehead atoms. The molecule has 0 radical (unpaired) electrons. The van der Waals surface area contributed by atoms with Gasteiger partial charge in [-0.3, -0.25) is 14.5 Å². The van der Waals surface area contributed by atoms with Crippen LogP contribution in [-0.2, 0) is 23.2 Å². The van der Waals surface area contributed by atoms with E-state index in [1.54, 1.807) is 4.90 Å². The molecule has 0 saturated heterocycles. The minimum atomic E-state index is 0.0638. The first-order valence-corrected chi connectivity index (χ1v) is 11.1. The SMILES string of the molecule is Cn1cccc1-c1cc2n(n1)CCC(=O)N2CCCC(=O)NCCC1=CCCCC1. The lowest BCUT2D eigenvalue weighted by molar-refractivity contribution is -0.122. The van der Waals surface area contributed by atoms with Gasteiger partial charge in [0.25, 0.3) is 0 Å². The molecule has 0 spiro atoms. The van der Waals surface area contributed by atoms with Crippen LogP contribution in [0.15, 0.2) is 36.0 Å². The lowest BCUT2D eigenvalue weighted by Gasteiger charge is -2.27. The van der Waals surface area contributed by atoms with Crippen LogP contribution in [0.5, 0.6) is 0 Å². The maximum absolute atomic E-state index is 12.5. The fourth-order valence-corrected chi connectivity index (χ4v) is 4.32. The minimum Gasteiger partial charge on any atom is -0.356 e. The Labute approximate surface area is 177 Å². The first-order chi connectivity index (χ1) is 14.6. The molecule has 0 atom stereocenters. The molecule has 0 fully saturated rings. The van der Waals surface area contributed by atoms with E-state index < -0.39 is 0 Å². The van der Waals surface area contributed by atoms with Crippen molar-refractivity contribution in [3.05, 3.63) is 36.0 Å². The van der Waals surface area contributed by atoms with E-state index in [2.05, 4.69) is 16.5 Å². The summed E-state index contributed by atoms with van der Waals surface area (Å²) >= 11 is 0. The molecule has 30 heavy (non-hydrogen) atoms. The van der Waals surface area contributed by atoms with Crippen LogP contribution in [0, 0.1) is 0 Å². The number of aryl methyl sites for hydroxylation is 2. The Morgan fingerprint density at radius 2 is 2.17 bits per heavy atom. The maximum atomic E-state index is 12.5. The second-order valence-electron chi connectivity index (χ2n) is 8.22. The van der Waals surface area contributed by atoms with E-state index in [9.17, 15) is 9.59 Å². The maximum Gasteiger partial charge on any atom is 0.229 e. The van der Waals surface area contributed by atoms with Gasteiger partial charge < -0.3 is 9.88 Å². The molecule has 160 valence electrons. The largest absolute Gasteiger partial charge is 0.356 e. The van der Waals surface area contributed by atoms with Crippen molar-refractivity contribution >= 4 is 17.6 Å². The van der Waals surface area contributed by atoms with Gasteiger partial charge in [-0.1, -0.05) is 11.6 Å². The number of carbonyl (C=O) groups is 2. The third-order valence-corrected chi connectivity index (χ3v) is 6.02. The molecule has 1 N–H and O–H groups in total. The highest BCUT2D eigenvalue weighted by molar-refractivity contribution is 5.94. The van der Waals surface area contributed by atoms with Crippen LogP contribution in [0.2, 0.25) is 0 Å². The standard InChI is InChI=1S/C23H31N5O2/c1-26-14-5-9-20(26)19-17-22-27(23(30)12-16-28(22)25-19)15-6-10-21(29)24-13-11-18-7-3-2-4-8-18/h5,7,9,14,17H,2-4,6,8,10-13,15-16H2,1H3,(H,24,29). The topological polar surface area (TPSA) is 72.2 Å². The van der Waals surface area contributed by atoms with Crippen molar-refractivity contribution < 1.29 is 9.59 Å². The monoisotopic (exact) mass is 409 g/mol. The van der Waals surface area contributed by atoms with Gasteiger partial charge in [0, 0.05) is 45.2 Å². The van der Waals surface area contributed by atoms with Gasteiger partial charge in [-0.15, -0.1) is 0 Å². The van der Waals surface area contributed by atoms with Gasteiger partial charge in [-0.2, -0.15) is 5.10 Å². The quantitative estimate of drug-likeness (QED) is 0.679. The molecule has 2 aliphatic rings. The molecule has 0 unspecified atom stereocenters. The minimum absolute atomic E-state index is 0.0638. The first kappa shape index (κ1) is 20.4. The third kappa shape index (κ3) is 4.66. The average molecular weight is 410 g/mol. The van der Waals surface area contributed by atoms with Crippen LogP contribution in [-0.4, -0.2) is 39.3 Å². The van der Waals surface area contributed by atoms with Crippen molar-refractivity contribution in [1.29, 1.82) is 0 Å². The zero-order valence-corrected chi connectivity index (χ0v) is 17.8. The summed E-state index contributed by atoms with van der Waals surface area (Å²) in [6, 6.07) is 5.98. The highest BCUT2D eigenvalue weighted by atomic mass is 16.2. The van der Waals surface area contributed by atoms with E-state index in [1.807, 2.05) is 40.7 Å². The highest BCUT2D eigenvalue weighted by Crippen LogP contribution is 2.28. The fourth-order valence-electron chi connectivity index (χ4n) is 4.32. The Morgan fingerprint density at radius 1 is 1.27 bits per heavy atom. The molecule has 0 saturated carbocycles. The molecule has 2 aromatic heterocycles. The van der Waals surface area contributed by atoms with E-state index in [4.69, 9.17) is 0 Å². The summed E-state index contributed by atoms with van der Waals surface area (Å²) < 4.78 is 3.93. The Kier molecular flexibility index (Phi) is 6.35. The number of aromatic nitrogens is 3. The highest BCUT2D eigenvalue weighted by Gasteiger charge is 2.26. The van der Waals surface area contributed by atoms with Crippen molar-refractivity contribution in [1.82, 2.24) is 19.7 Å². The molecule has 1 aliphatic carbocycles. The van der Waals surface area contributed by atoms with Gasteiger partial charge in [-0.05, 0) is 50.7 Å². The lowest BCUT2D eigenvalue weighted by atomic mass is 9.97. The van der Waals surface area contributed by atoms with E-state index in [-0.39, 0.29) is 11.8 Å². The summed E-state index contributed by atoms with van der Waals surface area (Å²) in [7, 11) is 1.99. The Balaban J connectivity index is 1.29. The summed E-state index contributed by atoms with van der Waals surface area (Å²) in [5, 5.41) is 7.71. The van der Waals surface area contributed by atoms with E-state index in [0.717, 1.165) is 23.6 Å². The second-order valence-corrected chi connectivity index (χ2v) is 8.22. The molecule has 2 amide bonds. The van der Waals surface area contributed by atoms with Gasteiger partial charge in [-0.25, -0.2) is 4.68 Å². The molecule has 1 aliphatic heterocycles. The molecule has 2 aromatic rings. The number of hydrogen-bond acceptors (Lipinski definition) is 3. The molecular weight excluding hydrogens is 378 g/mol. The van der Waals surface area contributed by atoms with E-state index in [1.165, 1.54) is 31.3 Å². The Bertz CT molecular complexity index is 939. The molecule has 0 aromatic carbocycles. The molecular formula is C23H31N5O2. The number of allylic oxidation sites excluding steroid dienone is 1. The van der Waals surface area contributed by atoms with Crippen LogP contribution < -0.4 is 10.2 Å². The Morgan fingerprint density at radius 3 is 2.93 bits per heavy atom. The zero-order chi connectivity index (χ0) is 20.9. The number of hydrogen-bond donors (Lipinski definition) is 1. The van der Waals surface area contributed by atoms with Gasteiger partial charge in [0.05, 0.1) is 12.2 Å². The smallest absolute Gasteiger partial charge is 0.229 e. The number of anilines is 1. The van der Waals surface area contributed by atoms with Crippen LogP contribution in [0.1, 0.15) is 51.4 Å². The van der Waals surface area contributed by atoms with E-state index >= 15 is 0 Å². The number of rotatable bonds is 8. The van der Waals surface area contributed by atoms with Gasteiger partial charge >= 0.3 is 0 Å². The van der Waals surface area contributed by atoms with Crippen LogP contribution in [0.25, 0.3) is 11.4 Å². The lowest BCUT2D eigenvalue weighted by Crippen LogP contribution is -2.38. The molecule has 7 heteroatoms. The van der Waals surface area contributed by atoms with Crippen LogP contribution in [0.3, 0.4) is 0 Å². The van der Waals surface area contributed by atoms with Crippen molar-refractivity contribution in [2.45, 2.75) is 57.9 Å². The summed E-state index contributed by atoms with van der Waals surface area (Å²) in [4.78, 5) is 26.5. The summed E-state index contributed by atoms with van der Waals surface area (Å²) in [6.45, 7) is 1.85. The van der Waals surface area contributed by atoms with Crippen LogP contribution in [0.4, 0.5) is 5.82 Å². The molecule has 3 heterocycles. The summed E-state index contributed by atoms with van der Waals surface area (Å²) in [5.41, 5.74) is 3.37. The zero-order valence-electron chi connectivity index (χ0n) is 17.8. The summed E-state index contributed by atoms with van der Waals surface area (Å²) in [5.74, 6) is 0.992. The van der Waals surface area contributed by atoms with Gasteiger partial charge in [0.2, 0.25) is 11.8 Å². The number of nitrogens with zero attached hydrogens (tertiary/aromatic N) is 4. The van der Waals surface area contributed by atoms with E-state index in [0.29, 0.717) is 38.9 Å². The average Bonchev–Trinajstić information content (AvgIpc) is 3.36. The first-order valence-electron chi connectivity index (χ1n) is 11.1. The second kappa shape index (κ2) is 9.32. The Hall–Kier alpha value is -2.83. The summed E-state index contributed by atoms with van der Waals surface area (Å²) in [6.07, 6.45) is 11.7. The normalized spacial score (nSPS) is 16.4. The molecule has 4 rings (SSSR count). The number of amides is 2. The van der Waals surface area contributed by atoms with Crippen LogP contribution >= 0.6 is 0 Å². The fraction of sp³-hybridized carbons (Fsp3) is 0.522. The van der Waals surface area contributed by atoms with Crippen molar-refractivity contribution in [3.63, 3.8) is 0 Å². The number of fused-ring (bicyclic) bond motifs is 1. The number of carbonyl (C=O) groups excluding carboxylic acids is 2. The van der Waals surface area contributed by atoms with Gasteiger partial charge in [0.15, 0.2) is 0 Å². The predicted molar refractivity (Wildman–Crippen MR) is 117 cm³/mol. The third-order valence-electron chi connectivity index (χ3n) is 6.02. The molecule has 7 nitrogen and oxygen atoms in total. The van der Waals surface area contributed by atoms with Crippen molar-refractivity contribution in [3.8, 4) is 11.4 Å². The number of nitrogens with one attached hydrogen (secondary N) is 1. The van der Waals surface area contributed by atoms with Crippen molar-refractivity contribution in [2.75, 3.05) is 18.0 Å².